The van der Waals surface area contributed by atoms with Crippen molar-refractivity contribution in [2.45, 2.75) is 49.6 Å². The summed E-state index contributed by atoms with van der Waals surface area (Å²) in [7, 11) is 0. The molecule has 42 heavy (non-hydrogen) atoms. The minimum atomic E-state index is -4.71. The van der Waals surface area contributed by atoms with E-state index in [9.17, 15) is 22.8 Å². The van der Waals surface area contributed by atoms with Gasteiger partial charge in [0.05, 0.1) is 34.9 Å². The molecule has 9 nitrogen and oxygen atoms in total. The zero-order chi connectivity index (χ0) is 29.9. The van der Waals surface area contributed by atoms with E-state index in [0.29, 0.717) is 26.1 Å². The van der Waals surface area contributed by atoms with Crippen LogP contribution in [0.25, 0.3) is 21.3 Å². The van der Waals surface area contributed by atoms with E-state index in [1.165, 1.54) is 34.7 Å². The van der Waals surface area contributed by atoms with Crippen molar-refractivity contribution >= 4 is 57.3 Å². The quantitative estimate of drug-likeness (QED) is 0.280. The number of amides is 1. The maximum atomic E-state index is 14.8. The molecule has 1 saturated heterocycles. The number of nitrogens with zero attached hydrogens (tertiary/aromatic N) is 7. The Kier molecular flexibility index (Phi) is 7.34. The number of hydrogen-bond acceptors (Lipinski definition) is 8. The molecule has 0 N–H and O–H groups in total. The number of hydrogen-bond donors (Lipinski definition) is 0. The summed E-state index contributed by atoms with van der Waals surface area (Å²) in [5.41, 5.74) is -1.03. The number of rotatable bonds is 4. The van der Waals surface area contributed by atoms with Gasteiger partial charge in [-0.1, -0.05) is 23.4 Å². The molecule has 0 unspecified atom stereocenters. The van der Waals surface area contributed by atoms with Gasteiger partial charge in [0.25, 0.3) is 0 Å². The van der Waals surface area contributed by atoms with E-state index < -0.39 is 17.4 Å². The molecule has 1 fully saturated rings. The molecule has 220 valence electrons. The van der Waals surface area contributed by atoms with E-state index in [4.69, 9.17) is 11.6 Å². The highest BCUT2D eigenvalue weighted by Gasteiger charge is 2.40. The summed E-state index contributed by atoms with van der Waals surface area (Å²) in [4.78, 5) is 34.8. The topological polar surface area (TPSA) is 89.2 Å². The van der Waals surface area contributed by atoms with Gasteiger partial charge in [-0.3, -0.25) is 9.36 Å². The third-order valence-electron chi connectivity index (χ3n) is 7.59. The number of thiophene rings is 1. The van der Waals surface area contributed by atoms with Crippen LogP contribution in [0.2, 0.25) is 5.02 Å². The number of thioether (sulfide) groups is 1. The molecule has 0 radical (unpaired) electrons. The molecule has 3 atom stereocenters. The van der Waals surface area contributed by atoms with Gasteiger partial charge in [-0.2, -0.15) is 18.2 Å². The minimum Gasteiger partial charge on any atom is -0.352 e. The number of carbonyl (C=O) groups is 1. The van der Waals surface area contributed by atoms with Crippen molar-refractivity contribution in [3.63, 3.8) is 0 Å². The highest BCUT2D eigenvalue weighted by atomic mass is 35.5. The van der Waals surface area contributed by atoms with Gasteiger partial charge in [0.15, 0.2) is 0 Å². The van der Waals surface area contributed by atoms with Crippen molar-refractivity contribution in [2.24, 2.45) is 0 Å². The van der Waals surface area contributed by atoms with Crippen LogP contribution >= 0.6 is 34.7 Å². The van der Waals surface area contributed by atoms with Crippen molar-refractivity contribution in [3.05, 3.63) is 63.6 Å². The van der Waals surface area contributed by atoms with Crippen molar-refractivity contribution < 1.29 is 18.0 Å². The van der Waals surface area contributed by atoms with Crippen LogP contribution in [0.5, 0.6) is 0 Å². The molecule has 4 aromatic rings. The molecule has 6 rings (SSSR count). The minimum absolute atomic E-state index is 0.00965. The standard InChI is InChI=1S/C27H25ClF3N7O2S2/c1-4-21(39)38-14(2)9-35(10-15(38)3)25-18-8-19(27(29,30)31)22(20-7-16(28)12-41-20)24-23(18)36(26(40)33-25)11-17(13-42-24)37-6-5-32-34-37/h4-8,12,14-15,17H,1,9-11,13H2,2-3H3/t14-,15+,17-/m0/s1. The Labute approximate surface area is 251 Å². The van der Waals surface area contributed by atoms with Crippen molar-refractivity contribution in [1.29, 1.82) is 0 Å². The fourth-order valence-electron chi connectivity index (χ4n) is 5.91. The van der Waals surface area contributed by atoms with Gasteiger partial charge >= 0.3 is 11.9 Å². The zero-order valence-corrected chi connectivity index (χ0v) is 24.9. The molecule has 0 aliphatic carbocycles. The lowest BCUT2D eigenvalue weighted by atomic mass is 10.0. The second kappa shape index (κ2) is 10.7. The Morgan fingerprint density at radius 3 is 2.52 bits per heavy atom. The Balaban J connectivity index is 1.62. The van der Waals surface area contributed by atoms with Crippen LogP contribution in [-0.2, 0) is 17.5 Å². The number of halogens is 4. The van der Waals surface area contributed by atoms with Crippen molar-refractivity contribution in [2.75, 3.05) is 23.7 Å². The SMILES string of the molecule is C=CC(=O)N1[C@H](C)CN(c2nc(=O)n3c4c(c(-c5cc(Cl)cs5)c(C(F)(F)F)cc24)SC[C@@H](n2ccnn2)C3)C[C@@H]1C. The third-order valence-corrected chi connectivity index (χ3v) is 10.1. The van der Waals surface area contributed by atoms with E-state index in [0.717, 1.165) is 17.4 Å². The smallest absolute Gasteiger partial charge is 0.352 e. The molecule has 15 heteroatoms. The molecular weight excluding hydrogens is 611 g/mol. The molecule has 5 heterocycles. The van der Waals surface area contributed by atoms with E-state index in [2.05, 4.69) is 21.9 Å². The van der Waals surface area contributed by atoms with Crippen LogP contribution in [0.1, 0.15) is 25.5 Å². The molecule has 1 aromatic carbocycles. The number of aromatic nitrogens is 5. The number of alkyl halides is 3. The number of anilines is 1. The first-order valence-corrected chi connectivity index (χ1v) is 15.3. The summed E-state index contributed by atoms with van der Waals surface area (Å²) >= 11 is 8.54. The van der Waals surface area contributed by atoms with Gasteiger partial charge in [0.2, 0.25) is 5.91 Å². The second-order valence-electron chi connectivity index (χ2n) is 10.4. The Morgan fingerprint density at radius 1 is 1.19 bits per heavy atom. The predicted octanol–water partition coefficient (Wildman–Crippen LogP) is 5.35. The zero-order valence-electron chi connectivity index (χ0n) is 22.5. The fraction of sp³-hybridized carbons (Fsp3) is 0.370. The van der Waals surface area contributed by atoms with Gasteiger partial charge in [0.1, 0.15) is 5.82 Å². The molecule has 0 saturated carbocycles. The first-order chi connectivity index (χ1) is 20.0. The lowest BCUT2D eigenvalue weighted by molar-refractivity contribution is -0.137. The highest BCUT2D eigenvalue weighted by Crippen LogP contribution is 2.50. The highest BCUT2D eigenvalue weighted by molar-refractivity contribution is 7.99. The average Bonchev–Trinajstić information content (AvgIpc) is 3.58. The first-order valence-electron chi connectivity index (χ1n) is 13.1. The van der Waals surface area contributed by atoms with Crippen LogP contribution < -0.4 is 10.6 Å². The second-order valence-corrected chi connectivity index (χ2v) is 12.8. The van der Waals surface area contributed by atoms with Crippen LogP contribution in [0.15, 0.2) is 52.3 Å². The Hall–Kier alpha value is -3.36. The Morgan fingerprint density at radius 2 is 1.93 bits per heavy atom. The Bertz CT molecular complexity index is 1740. The summed E-state index contributed by atoms with van der Waals surface area (Å²) < 4.78 is 47.6. The monoisotopic (exact) mass is 635 g/mol. The van der Waals surface area contributed by atoms with Crippen molar-refractivity contribution in [3.8, 4) is 10.4 Å². The summed E-state index contributed by atoms with van der Waals surface area (Å²) in [5, 5.41) is 10.1. The third kappa shape index (κ3) is 4.88. The number of carbonyl (C=O) groups excluding carboxylic acids is 1. The van der Waals surface area contributed by atoms with E-state index in [-0.39, 0.29) is 60.4 Å². The van der Waals surface area contributed by atoms with Crippen molar-refractivity contribution in [1.82, 2.24) is 29.4 Å². The maximum absolute atomic E-state index is 14.8. The van der Waals surface area contributed by atoms with Gasteiger partial charge < -0.3 is 9.80 Å². The molecule has 1 amide bonds. The summed E-state index contributed by atoms with van der Waals surface area (Å²) in [6, 6.07) is 1.67. The average molecular weight is 636 g/mol. The van der Waals surface area contributed by atoms with Gasteiger partial charge in [-0.05, 0) is 32.1 Å². The predicted molar refractivity (Wildman–Crippen MR) is 157 cm³/mol. The van der Waals surface area contributed by atoms with Crippen LogP contribution in [0.3, 0.4) is 0 Å². The normalized spacial score (nSPS) is 21.0. The molecule has 0 bridgehead atoms. The summed E-state index contributed by atoms with van der Waals surface area (Å²) in [6.45, 7) is 8.00. The van der Waals surface area contributed by atoms with E-state index in [1.54, 1.807) is 26.1 Å². The van der Waals surface area contributed by atoms with Gasteiger partial charge in [-0.25, -0.2) is 9.48 Å². The first kappa shape index (κ1) is 28.7. The summed E-state index contributed by atoms with van der Waals surface area (Å²) in [6.07, 6.45) is -0.278. The fourth-order valence-corrected chi connectivity index (χ4v) is 8.45. The van der Waals surface area contributed by atoms with Gasteiger partial charge in [0, 0.05) is 63.2 Å². The number of piperazine rings is 1. The van der Waals surface area contributed by atoms with Crippen LogP contribution in [0.4, 0.5) is 19.0 Å². The van der Waals surface area contributed by atoms with Gasteiger partial charge in [-0.15, -0.1) is 28.2 Å². The lowest BCUT2D eigenvalue weighted by Crippen LogP contribution is -2.58. The molecule has 2 aliphatic rings. The molecule has 0 spiro atoms. The van der Waals surface area contributed by atoms with E-state index >= 15 is 0 Å². The number of benzene rings is 1. The molecule has 2 aliphatic heterocycles. The summed E-state index contributed by atoms with van der Waals surface area (Å²) in [5.74, 6) is 0.279. The lowest BCUT2D eigenvalue weighted by Gasteiger charge is -2.44. The molecular formula is C27H25ClF3N7O2S2. The molecule has 3 aromatic heterocycles. The largest absolute Gasteiger partial charge is 0.417 e. The van der Waals surface area contributed by atoms with Crippen LogP contribution in [-0.4, -0.2) is 66.3 Å². The van der Waals surface area contributed by atoms with E-state index in [1.807, 2.05) is 13.8 Å². The maximum Gasteiger partial charge on any atom is 0.417 e. The van der Waals surface area contributed by atoms with Crippen LogP contribution in [0, 0.1) is 0 Å².